The first kappa shape index (κ1) is 14.2. The van der Waals surface area contributed by atoms with E-state index in [1.807, 2.05) is 0 Å². The minimum absolute atomic E-state index is 0.0606. The SMILES string of the molecule is Cn1nc(C2CCC(=O)NC2=O)c2ccc(CC(=O)O)cc21. The summed E-state index contributed by atoms with van der Waals surface area (Å²) in [6, 6.07) is 5.29. The molecule has 1 aromatic carbocycles. The van der Waals surface area contributed by atoms with Gasteiger partial charge in [0, 0.05) is 18.9 Å². The zero-order chi connectivity index (χ0) is 15.9. The smallest absolute Gasteiger partial charge is 0.307 e. The monoisotopic (exact) mass is 301 g/mol. The van der Waals surface area contributed by atoms with Crippen molar-refractivity contribution < 1.29 is 19.5 Å². The average molecular weight is 301 g/mol. The lowest BCUT2D eigenvalue weighted by Crippen LogP contribution is -2.39. The predicted octanol–water partition coefficient (Wildman–Crippen LogP) is 0.721. The molecule has 114 valence electrons. The zero-order valence-corrected chi connectivity index (χ0v) is 12.0. The highest BCUT2D eigenvalue weighted by atomic mass is 16.4. The number of aryl methyl sites for hydroxylation is 1. The molecule has 22 heavy (non-hydrogen) atoms. The van der Waals surface area contributed by atoms with Crippen LogP contribution in [0, 0.1) is 0 Å². The van der Waals surface area contributed by atoms with Crippen molar-refractivity contribution in [3.63, 3.8) is 0 Å². The van der Waals surface area contributed by atoms with Gasteiger partial charge in [-0.15, -0.1) is 0 Å². The van der Waals surface area contributed by atoms with Crippen LogP contribution >= 0.6 is 0 Å². The van der Waals surface area contributed by atoms with Crippen molar-refractivity contribution in [2.24, 2.45) is 7.05 Å². The van der Waals surface area contributed by atoms with Gasteiger partial charge in [0.1, 0.15) is 0 Å². The van der Waals surface area contributed by atoms with E-state index in [2.05, 4.69) is 10.4 Å². The lowest BCUT2D eigenvalue weighted by molar-refractivity contribution is -0.136. The maximum absolute atomic E-state index is 12.0. The number of fused-ring (bicyclic) bond motifs is 1. The van der Waals surface area contributed by atoms with Crippen molar-refractivity contribution in [2.75, 3.05) is 0 Å². The van der Waals surface area contributed by atoms with Gasteiger partial charge < -0.3 is 5.11 Å². The van der Waals surface area contributed by atoms with Crippen LogP contribution < -0.4 is 5.32 Å². The minimum Gasteiger partial charge on any atom is -0.481 e. The molecule has 0 aliphatic carbocycles. The molecule has 1 unspecified atom stereocenters. The van der Waals surface area contributed by atoms with Crippen molar-refractivity contribution in [2.45, 2.75) is 25.2 Å². The van der Waals surface area contributed by atoms with Crippen LogP contribution in [0.1, 0.15) is 30.0 Å². The van der Waals surface area contributed by atoms with Crippen LogP contribution in [0.3, 0.4) is 0 Å². The van der Waals surface area contributed by atoms with Crippen molar-refractivity contribution in [3.05, 3.63) is 29.5 Å². The van der Waals surface area contributed by atoms with Gasteiger partial charge in [-0.1, -0.05) is 12.1 Å². The van der Waals surface area contributed by atoms with Gasteiger partial charge in [0.25, 0.3) is 0 Å². The van der Waals surface area contributed by atoms with E-state index < -0.39 is 11.9 Å². The first-order chi connectivity index (χ1) is 10.5. The number of amides is 2. The van der Waals surface area contributed by atoms with Crippen molar-refractivity contribution in [1.29, 1.82) is 0 Å². The number of carboxylic acid groups (broad SMARTS) is 1. The van der Waals surface area contributed by atoms with Gasteiger partial charge in [-0.3, -0.25) is 24.4 Å². The molecule has 3 rings (SSSR count). The highest BCUT2D eigenvalue weighted by molar-refractivity contribution is 6.02. The van der Waals surface area contributed by atoms with E-state index in [1.54, 1.807) is 29.9 Å². The third-order valence-electron chi connectivity index (χ3n) is 3.87. The van der Waals surface area contributed by atoms with Crippen molar-refractivity contribution in [1.82, 2.24) is 15.1 Å². The highest BCUT2D eigenvalue weighted by Gasteiger charge is 2.31. The van der Waals surface area contributed by atoms with Crippen LogP contribution in [0.2, 0.25) is 0 Å². The first-order valence-corrected chi connectivity index (χ1v) is 6.96. The Morgan fingerprint density at radius 3 is 2.91 bits per heavy atom. The van der Waals surface area contributed by atoms with Crippen LogP contribution in [0.5, 0.6) is 0 Å². The van der Waals surface area contributed by atoms with Crippen LogP contribution in [0.15, 0.2) is 18.2 Å². The molecule has 0 bridgehead atoms. The molecule has 2 amide bonds. The van der Waals surface area contributed by atoms with E-state index in [0.717, 1.165) is 10.9 Å². The summed E-state index contributed by atoms with van der Waals surface area (Å²) in [5.41, 5.74) is 2.08. The summed E-state index contributed by atoms with van der Waals surface area (Å²) >= 11 is 0. The maximum atomic E-state index is 12.0. The Hall–Kier alpha value is -2.70. The largest absolute Gasteiger partial charge is 0.481 e. The van der Waals surface area contributed by atoms with E-state index in [9.17, 15) is 14.4 Å². The molecule has 2 heterocycles. The number of hydrogen-bond donors (Lipinski definition) is 2. The Morgan fingerprint density at radius 2 is 2.23 bits per heavy atom. The predicted molar refractivity (Wildman–Crippen MR) is 77.2 cm³/mol. The van der Waals surface area contributed by atoms with E-state index in [-0.39, 0.29) is 18.2 Å². The number of benzene rings is 1. The summed E-state index contributed by atoms with van der Waals surface area (Å²) in [4.78, 5) is 34.1. The number of nitrogens with zero attached hydrogens (tertiary/aromatic N) is 2. The number of aliphatic carboxylic acids is 1. The third kappa shape index (κ3) is 2.45. The summed E-state index contributed by atoms with van der Waals surface area (Å²) in [6.45, 7) is 0. The molecule has 7 heteroatoms. The number of carboxylic acids is 1. The fourth-order valence-electron chi connectivity index (χ4n) is 2.83. The summed E-state index contributed by atoms with van der Waals surface area (Å²) in [5.74, 6) is -1.94. The number of aromatic nitrogens is 2. The average Bonchev–Trinajstić information content (AvgIpc) is 2.75. The normalized spacial score (nSPS) is 18.5. The van der Waals surface area contributed by atoms with Gasteiger partial charge in [0.05, 0.1) is 23.5 Å². The number of carbonyl (C=O) groups excluding carboxylic acids is 2. The highest BCUT2D eigenvalue weighted by Crippen LogP contribution is 2.30. The van der Waals surface area contributed by atoms with Crippen molar-refractivity contribution >= 4 is 28.7 Å². The molecule has 0 radical (unpaired) electrons. The molecule has 1 aliphatic rings. The molecule has 1 fully saturated rings. The Bertz CT molecular complexity index is 793. The lowest BCUT2D eigenvalue weighted by Gasteiger charge is -2.19. The van der Waals surface area contributed by atoms with Crippen molar-refractivity contribution in [3.8, 4) is 0 Å². The number of imide groups is 1. The van der Waals surface area contributed by atoms with Gasteiger partial charge in [-0.05, 0) is 18.1 Å². The summed E-state index contributed by atoms with van der Waals surface area (Å²) in [6.07, 6.45) is 0.675. The summed E-state index contributed by atoms with van der Waals surface area (Å²) < 4.78 is 1.64. The standard InChI is InChI=1S/C15H15N3O4/c1-18-11-6-8(7-13(20)21)2-3-9(11)14(17-18)10-4-5-12(19)16-15(10)22/h2-3,6,10H,4-5,7H2,1H3,(H,20,21)(H,16,19,22). The maximum Gasteiger partial charge on any atom is 0.307 e. The molecular weight excluding hydrogens is 286 g/mol. The molecule has 0 spiro atoms. The van der Waals surface area contributed by atoms with Gasteiger partial charge in [0.15, 0.2) is 0 Å². The Labute approximate surface area is 125 Å². The summed E-state index contributed by atoms with van der Waals surface area (Å²) in [7, 11) is 1.75. The second-order valence-electron chi connectivity index (χ2n) is 5.43. The quantitative estimate of drug-likeness (QED) is 0.813. The fourth-order valence-corrected chi connectivity index (χ4v) is 2.83. The summed E-state index contributed by atoms with van der Waals surface area (Å²) in [5, 5.41) is 16.4. The van der Waals surface area contributed by atoms with E-state index in [0.29, 0.717) is 24.1 Å². The van der Waals surface area contributed by atoms with Crippen LogP contribution in [-0.4, -0.2) is 32.7 Å². The van der Waals surface area contributed by atoms with E-state index >= 15 is 0 Å². The molecule has 7 nitrogen and oxygen atoms in total. The topological polar surface area (TPSA) is 101 Å². The molecule has 2 aromatic rings. The number of rotatable bonds is 3. The zero-order valence-electron chi connectivity index (χ0n) is 12.0. The van der Waals surface area contributed by atoms with E-state index in [4.69, 9.17) is 5.11 Å². The molecule has 1 atom stereocenters. The molecule has 1 saturated heterocycles. The number of piperidine rings is 1. The molecule has 1 aliphatic heterocycles. The van der Waals surface area contributed by atoms with Crippen LogP contribution in [0.25, 0.3) is 10.9 Å². The van der Waals surface area contributed by atoms with Gasteiger partial charge in [0.2, 0.25) is 11.8 Å². The third-order valence-corrected chi connectivity index (χ3v) is 3.87. The second kappa shape index (κ2) is 5.25. The second-order valence-corrected chi connectivity index (χ2v) is 5.43. The molecule has 0 saturated carbocycles. The number of hydrogen-bond acceptors (Lipinski definition) is 4. The molecule has 1 aromatic heterocycles. The van der Waals surface area contributed by atoms with Crippen LogP contribution in [0.4, 0.5) is 0 Å². The minimum atomic E-state index is -0.896. The fraction of sp³-hybridized carbons (Fsp3) is 0.333. The van der Waals surface area contributed by atoms with E-state index in [1.165, 1.54) is 0 Å². The number of carbonyl (C=O) groups is 3. The Kier molecular flexibility index (Phi) is 3.40. The lowest BCUT2D eigenvalue weighted by atomic mass is 9.92. The van der Waals surface area contributed by atoms with Gasteiger partial charge in [-0.2, -0.15) is 5.10 Å². The van der Waals surface area contributed by atoms with Gasteiger partial charge >= 0.3 is 5.97 Å². The molecular formula is C15H15N3O4. The van der Waals surface area contributed by atoms with Gasteiger partial charge in [-0.25, -0.2) is 0 Å². The Morgan fingerprint density at radius 1 is 1.45 bits per heavy atom. The Balaban J connectivity index is 2.03. The number of nitrogens with one attached hydrogen (secondary N) is 1. The first-order valence-electron chi connectivity index (χ1n) is 6.96. The van der Waals surface area contributed by atoms with Crippen LogP contribution in [-0.2, 0) is 27.9 Å². The molecule has 2 N–H and O–H groups in total.